The lowest BCUT2D eigenvalue weighted by molar-refractivity contribution is -0.120. The minimum Gasteiger partial charge on any atom is -0.438 e. The number of carbonyl (C=O) groups excluding carboxylic acids is 4. The van der Waals surface area contributed by atoms with Crippen LogP contribution in [-0.4, -0.2) is 99.4 Å². The third-order valence-electron chi connectivity index (χ3n) is 7.76. The van der Waals surface area contributed by atoms with Crippen LogP contribution in [-0.2, 0) is 28.6 Å². The first-order valence-corrected chi connectivity index (χ1v) is 14.9. The van der Waals surface area contributed by atoms with Crippen LogP contribution in [0.3, 0.4) is 0 Å². The average Bonchev–Trinajstić information content (AvgIpc) is 2.99. The number of hydrazine groups is 1. The van der Waals surface area contributed by atoms with Crippen molar-refractivity contribution in [1.29, 1.82) is 0 Å². The summed E-state index contributed by atoms with van der Waals surface area (Å²) in [5, 5.41) is 17.0. The number of allylic oxidation sites excluding steroid dienone is 4. The van der Waals surface area contributed by atoms with E-state index in [0.717, 1.165) is 6.08 Å². The third kappa shape index (κ3) is 10.8. The number of nitrogens with one attached hydrogen (secondary N) is 3. The number of aliphatic hydroxyl groups excluding tert-OH is 1. The molecular formula is C32H49N5O8. The fourth-order valence-corrected chi connectivity index (χ4v) is 5.21. The van der Waals surface area contributed by atoms with Gasteiger partial charge in [0.1, 0.15) is 6.10 Å². The lowest BCUT2D eigenvalue weighted by Gasteiger charge is -2.30. The highest BCUT2D eigenvalue weighted by atomic mass is 16.6. The molecule has 1 aliphatic heterocycles. The van der Waals surface area contributed by atoms with Crippen LogP contribution in [0, 0.1) is 11.8 Å². The summed E-state index contributed by atoms with van der Waals surface area (Å²) in [7, 11) is 6.74. The van der Waals surface area contributed by atoms with Gasteiger partial charge >= 0.3 is 6.09 Å². The molecule has 1 aliphatic carbocycles. The van der Waals surface area contributed by atoms with Crippen molar-refractivity contribution in [2.24, 2.45) is 17.7 Å². The second kappa shape index (κ2) is 17.8. The molecule has 2 aliphatic rings. The molecule has 2 bridgehead atoms. The highest BCUT2D eigenvalue weighted by Gasteiger charge is 2.33. The molecule has 1 heterocycles. The van der Waals surface area contributed by atoms with Crippen molar-refractivity contribution >= 4 is 23.6 Å². The number of ether oxygens (including phenoxy) is 3. The van der Waals surface area contributed by atoms with Gasteiger partial charge in [0, 0.05) is 50.4 Å². The van der Waals surface area contributed by atoms with Crippen LogP contribution < -0.4 is 21.9 Å². The monoisotopic (exact) mass is 631 g/mol. The van der Waals surface area contributed by atoms with E-state index >= 15 is 0 Å². The van der Waals surface area contributed by atoms with Gasteiger partial charge in [-0.3, -0.25) is 19.8 Å². The molecule has 6 atom stereocenters. The van der Waals surface area contributed by atoms with E-state index in [-0.39, 0.29) is 34.9 Å². The van der Waals surface area contributed by atoms with E-state index < -0.39 is 53.9 Å². The molecule has 45 heavy (non-hydrogen) atoms. The number of ketones is 2. The second-order valence-corrected chi connectivity index (χ2v) is 11.8. The molecule has 0 spiro atoms. The summed E-state index contributed by atoms with van der Waals surface area (Å²) in [6, 6.07) is 0. The number of hydrogen-bond donors (Lipinski definition) is 5. The summed E-state index contributed by atoms with van der Waals surface area (Å²) < 4.78 is 16.8. The van der Waals surface area contributed by atoms with Crippen molar-refractivity contribution < 1.29 is 38.5 Å². The topological polar surface area (TPSA) is 182 Å². The standard InChI is InChI=1S/C32H49N5O8/c1-18-14-22-27(34-12-13-37(5)6)24(38)17-23(29(22)40)35-31(41)19(2)10-9-11-25(43-7)30(45-32(42)36-33)21(4)16-20(3)28(39)26(15-18)44-8/h9-11,16-18,20,25-26,28,30,34,39H,12-15,33H2,1-8H3,(H,35,41)(H,36,42)/b11-9-,19-10+,21-16+/t18-,20+,25+,26+,28-,30+/m1/s1. The molecule has 0 aromatic carbocycles. The Morgan fingerprint density at radius 3 is 2.44 bits per heavy atom. The molecule has 13 nitrogen and oxygen atoms in total. The van der Waals surface area contributed by atoms with Crippen molar-refractivity contribution in [3.8, 4) is 0 Å². The Morgan fingerprint density at radius 2 is 1.84 bits per heavy atom. The molecule has 0 saturated carbocycles. The largest absolute Gasteiger partial charge is 0.438 e. The lowest BCUT2D eigenvalue weighted by atomic mass is 9.85. The third-order valence-corrected chi connectivity index (χ3v) is 7.76. The van der Waals surface area contributed by atoms with E-state index in [4.69, 9.17) is 20.1 Å². The van der Waals surface area contributed by atoms with Gasteiger partial charge in [0.25, 0.3) is 5.91 Å². The molecule has 2 amide bonds. The smallest absolute Gasteiger partial charge is 0.422 e. The van der Waals surface area contributed by atoms with Gasteiger partial charge in [-0.1, -0.05) is 38.2 Å². The van der Waals surface area contributed by atoms with E-state index in [2.05, 4.69) is 10.6 Å². The van der Waals surface area contributed by atoms with Crippen LogP contribution in [0.2, 0.25) is 0 Å². The Kier molecular flexibility index (Phi) is 14.8. The van der Waals surface area contributed by atoms with E-state index in [1.807, 2.05) is 38.3 Å². The number of carbonyl (C=O) groups is 4. The molecule has 0 fully saturated rings. The zero-order valence-electron chi connectivity index (χ0n) is 27.5. The first-order valence-electron chi connectivity index (χ1n) is 14.9. The predicted octanol–water partition coefficient (Wildman–Crippen LogP) is 1.42. The van der Waals surface area contributed by atoms with Crippen LogP contribution in [0.15, 0.2) is 58.5 Å². The summed E-state index contributed by atoms with van der Waals surface area (Å²) in [5.41, 5.74) is 3.13. The number of fused-ring (bicyclic) bond motifs is 2. The number of aliphatic hydroxyl groups is 1. The van der Waals surface area contributed by atoms with Gasteiger partial charge in [0.2, 0.25) is 11.6 Å². The average molecular weight is 632 g/mol. The Bertz CT molecular complexity index is 1250. The van der Waals surface area contributed by atoms with Crippen LogP contribution in [0.1, 0.15) is 40.5 Å². The van der Waals surface area contributed by atoms with Crippen molar-refractivity contribution in [3.05, 3.63) is 58.5 Å². The molecule has 6 N–H and O–H groups in total. The molecule has 2 rings (SSSR count). The van der Waals surface area contributed by atoms with E-state index in [0.29, 0.717) is 25.1 Å². The van der Waals surface area contributed by atoms with Gasteiger partial charge in [-0.05, 0) is 52.3 Å². The van der Waals surface area contributed by atoms with E-state index in [1.54, 1.807) is 32.1 Å². The summed E-state index contributed by atoms with van der Waals surface area (Å²) in [6.07, 6.45) is 3.94. The quantitative estimate of drug-likeness (QED) is 0.0901. The van der Waals surface area contributed by atoms with Crippen LogP contribution in [0.5, 0.6) is 0 Å². The number of amides is 2. The second-order valence-electron chi connectivity index (χ2n) is 11.8. The zero-order valence-corrected chi connectivity index (χ0v) is 27.5. The van der Waals surface area contributed by atoms with Gasteiger partial charge < -0.3 is 34.9 Å². The van der Waals surface area contributed by atoms with Crippen molar-refractivity contribution in [3.63, 3.8) is 0 Å². The molecule has 0 aromatic heterocycles. The van der Waals surface area contributed by atoms with Gasteiger partial charge in [-0.2, -0.15) is 0 Å². The van der Waals surface area contributed by atoms with Crippen molar-refractivity contribution in [2.75, 3.05) is 41.4 Å². The number of nitrogens with zero attached hydrogens (tertiary/aromatic N) is 1. The first-order chi connectivity index (χ1) is 21.2. The Balaban J connectivity index is 2.61. The lowest BCUT2D eigenvalue weighted by Crippen LogP contribution is -2.40. The number of hydrogen-bond acceptors (Lipinski definition) is 11. The van der Waals surface area contributed by atoms with Crippen molar-refractivity contribution in [2.45, 2.75) is 65.0 Å². The van der Waals surface area contributed by atoms with Crippen LogP contribution in [0.4, 0.5) is 4.79 Å². The normalized spacial score (nSPS) is 30.5. The molecular weight excluding hydrogens is 582 g/mol. The number of rotatable bonds is 7. The van der Waals surface area contributed by atoms with Crippen molar-refractivity contribution in [1.82, 2.24) is 21.0 Å². The maximum Gasteiger partial charge on any atom is 0.422 e. The maximum absolute atomic E-state index is 13.7. The number of likely N-dealkylation sites (N-methyl/N-ethyl adjacent to an activating group) is 1. The summed E-state index contributed by atoms with van der Waals surface area (Å²) in [6.45, 7) is 8.08. The molecule has 13 heteroatoms. The van der Waals surface area contributed by atoms with Gasteiger partial charge in [0.15, 0.2) is 6.10 Å². The fourth-order valence-electron chi connectivity index (χ4n) is 5.21. The summed E-state index contributed by atoms with van der Waals surface area (Å²) in [4.78, 5) is 54.1. The molecule has 0 saturated heterocycles. The summed E-state index contributed by atoms with van der Waals surface area (Å²) >= 11 is 0. The first kappa shape index (κ1) is 37.6. The van der Waals surface area contributed by atoms with Gasteiger partial charge in [-0.25, -0.2) is 10.6 Å². The van der Waals surface area contributed by atoms with Crippen LogP contribution >= 0.6 is 0 Å². The Labute approximate surface area is 265 Å². The van der Waals surface area contributed by atoms with E-state index in [9.17, 15) is 24.3 Å². The molecule has 0 unspecified atom stereocenters. The van der Waals surface area contributed by atoms with Gasteiger partial charge in [0.05, 0.1) is 23.6 Å². The predicted molar refractivity (Wildman–Crippen MR) is 169 cm³/mol. The number of Topliss-reactive ketones (excluding diaryl/α,β-unsaturated/α-hetero) is 1. The Hall–Kier alpha value is -3.62. The highest BCUT2D eigenvalue weighted by Crippen LogP contribution is 2.28. The minimum absolute atomic E-state index is 0.118. The Morgan fingerprint density at radius 1 is 1.16 bits per heavy atom. The van der Waals surface area contributed by atoms with E-state index in [1.165, 1.54) is 20.3 Å². The maximum atomic E-state index is 13.7. The highest BCUT2D eigenvalue weighted by molar-refractivity contribution is 6.23. The molecule has 0 radical (unpaired) electrons. The molecule has 250 valence electrons. The summed E-state index contributed by atoms with van der Waals surface area (Å²) in [5.74, 6) is 3.17. The van der Waals surface area contributed by atoms with Crippen LogP contribution in [0.25, 0.3) is 0 Å². The van der Waals surface area contributed by atoms with Gasteiger partial charge in [-0.15, -0.1) is 0 Å². The number of methoxy groups -OCH3 is 2. The number of nitrogens with two attached hydrogens (primary N) is 1. The fraction of sp³-hybridized carbons (Fsp3) is 0.562. The zero-order chi connectivity index (χ0) is 33.8. The molecule has 0 aromatic rings. The minimum atomic E-state index is -0.967. The SMILES string of the molecule is CO[C@H]1/C=C\C=C(/C)C(=O)NC2=CC(=O)C(NCCN(C)C)=C(C[C@@H](C)C[C@H](OC)[C@H](O)[C@@H](C)/C=C(\C)[C@@H]1OC(=O)NN)C2=O.